The van der Waals surface area contributed by atoms with E-state index in [1.807, 2.05) is 0 Å². The third kappa shape index (κ3) is 4.87. The highest BCUT2D eigenvalue weighted by atomic mass is 79.9. The van der Waals surface area contributed by atoms with Gasteiger partial charge in [0.2, 0.25) is 10.0 Å². The molecule has 1 aromatic carbocycles. The summed E-state index contributed by atoms with van der Waals surface area (Å²) in [5.74, 6) is -0.290. The van der Waals surface area contributed by atoms with Gasteiger partial charge in [0.15, 0.2) is 11.5 Å². The van der Waals surface area contributed by atoms with Crippen molar-refractivity contribution in [1.29, 1.82) is 0 Å². The number of rotatable bonds is 8. The molecule has 0 aliphatic heterocycles. The van der Waals surface area contributed by atoms with E-state index in [4.69, 9.17) is 14.6 Å². The highest BCUT2D eigenvalue weighted by Crippen LogP contribution is 2.35. The van der Waals surface area contributed by atoms with Crippen LogP contribution in [0.2, 0.25) is 0 Å². The quantitative estimate of drug-likeness (QED) is 0.663. The van der Waals surface area contributed by atoms with Crippen LogP contribution in [0.15, 0.2) is 21.5 Å². The fourth-order valence-corrected chi connectivity index (χ4v) is 3.67. The first-order chi connectivity index (χ1) is 9.81. The van der Waals surface area contributed by atoms with Crippen molar-refractivity contribution in [2.45, 2.75) is 17.7 Å². The van der Waals surface area contributed by atoms with Gasteiger partial charge in [0.05, 0.1) is 14.2 Å². The molecule has 21 heavy (non-hydrogen) atoms. The molecule has 9 heteroatoms. The molecular weight excluding hydrogens is 366 g/mol. The van der Waals surface area contributed by atoms with Crippen LogP contribution in [0.25, 0.3) is 0 Å². The van der Waals surface area contributed by atoms with E-state index in [1.165, 1.54) is 26.4 Å². The van der Waals surface area contributed by atoms with Crippen molar-refractivity contribution in [3.05, 3.63) is 16.6 Å². The second-order valence-corrected chi connectivity index (χ2v) is 6.62. The molecule has 7 nitrogen and oxygen atoms in total. The molecule has 0 unspecified atom stereocenters. The van der Waals surface area contributed by atoms with E-state index in [0.717, 1.165) is 0 Å². The Morgan fingerprint density at radius 2 is 1.86 bits per heavy atom. The lowest BCUT2D eigenvalue weighted by Crippen LogP contribution is -2.25. The average molecular weight is 382 g/mol. The third-order valence-corrected chi connectivity index (χ3v) is 5.01. The normalized spacial score (nSPS) is 11.2. The number of hydrogen-bond acceptors (Lipinski definition) is 5. The Morgan fingerprint density at radius 1 is 1.29 bits per heavy atom. The van der Waals surface area contributed by atoms with Crippen molar-refractivity contribution in [2.24, 2.45) is 0 Å². The number of methoxy groups -OCH3 is 2. The van der Waals surface area contributed by atoms with Crippen LogP contribution in [-0.2, 0) is 14.8 Å². The SMILES string of the molecule is COc1cc(Br)c(S(=O)(=O)NCCCC(=O)O)cc1OC. The summed E-state index contributed by atoms with van der Waals surface area (Å²) in [6, 6.07) is 2.83. The summed E-state index contributed by atoms with van der Waals surface area (Å²) in [5, 5.41) is 8.51. The van der Waals surface area contributed by atoms with Crippen LogP contribution >= 0.6 is 15.9 Å². The van der Waals surface area contributed by atoms with Crippen molar-refractivity contribution >= 4 is 31.9 Å². The highest BCUT2D eigenvalue weighted by Gasteiger charge is 2.20. The number of aliphatic carboxylic acids is 1. The molecule has 0 bridgehead atoms. The molecule has 118 valence electrons. The maximum atomic E-state index is 12.2. The smallest absolute Gasteiger partial charge is 0.303 e. The first kappa shape index (κ1) is 17.7. The maximum absolute atomic E-state index is 12.2. The van der Waals surface area contributed by atoms with Crippen LogP contribution in [0, 0.1) is 0 Å². The van der Waals surface area contributed by atoms with E-state index in [2.05, 4.69) is 20.7 Å². The molecule has 0 aromatic heterocycles. The van der Waals surface area contributed by atoms with E-state index in [1.54, 1.807) is 0 Å². The van der Waals surface area contributed by atoms with Gasteiger partial charge in [-0.2, -0.15) is 0 Å². The van der Waals surface area contributed by atoms with Gasteiger partial charge in [0.25, 0.3) is 0 Å². The molecule has 1 rings (SSSR count). The van der Waals surface area contributed by atoms with Gasteiger partial charge in [-0.25, -0.2) is 13.1 Å². The monoisotopic (exact) mass is 381 g/mol. The fourth-order valence-electron chi connectivity index (χ4n) is 1.57. The van der Waals surface area contributed by atoms with Gasteiger partial charge in [0.1, 0.15) is 4.90 Å². The Kier molecular flexibility index (Phi) is 6.43. The summed E-state index contributed by atoms with van der Waals surface area (Å²) in [7, 11) is -0.920. The van der Waals surface area contributed by atoms with Crippen LogP contribution in [0.1, 0.15) is 12.8 Å². The summed E-state index contributed by atoms with van der Waals surface area (Å²) in [6.07, 6.45) is 0.106. The lowest BCUT2D eigenvalue weighted by molar-refractivity contribution is -0.137. The van der Waals surface area contributed by atoms with Gasteiger partial charge >= 0.3 is 5.97 Å². The van der Waals surface area contributed by atoms with Gasteiger partial charge in [-0.15, -0.1) is 0 Å². The molecule has 0 spiro atoms. The van der Waals surface area contributed by atoms with Gasteiger partial charge in [-0.1, -0.05) is 0 Å². The second-order valence-electron chi connectivity index (χ2n) is 4.03. The first-order valence-electron chi connectivity index (χ1n) is 5.94. The summed E-state index contributed by atoms with van der Waals surface area (Å²) in [4.78, 5) is 10.4. The van der Waals surface area contributed by atoms with Gasteiger partial charge in [-0.05, 0) is 28.4 Å². The summed E-state index contributed by atoms with van der Waals surface area (Å²) in [6.45, 7) is 0.0371. The highest BCUT2D eigenvalue weighted by molar-refractivity contribution is 9.10. The van der Waals surface area contributed by atoms with Crippen LogP contribution in [0.4, 0.5) is 0 Å². The van der Waals surface area contributed by atoms with Crippen molar-refractivity contribution < 1.29 is 27.8 Å². The predicted octanol–water partition coefficient (Wildman–Crippen LogP) is 1.61. The van der Waals surface area contributed by atoms with Gasteiger partial charge < -0.3 is 14.6 Å². The Bertz CT molecular complexity index is 616. The van der Waals surface area contributed by atoms with Crippen LogP contribution in [0.3, 0.4) is 0 Å². The van der Waals surface area contributed by atoms with Crippen molar-refractivity contribution in [3.63, 3.8) is 0 Å². The van der Waals surface area contributed by atoms with Crippen LogP contribution in [-0.4, -0.2) is 40.3 Å². The number of carboxylic acids is 1. The van der Waals surface area contributed by atoms with Crippen molar-refractivity contribution in [1.82, 2.24) is 4.72 Å². The van der Waals surface area contributed by atoms with E-state index < -0.39 is 16.0 Å². The van der Waals surface area contributed by atoms with Crippen molar-refractivity contribution in [2.75, 3.05) is 20.8 Å². The predicted molar refractivity (Wildman–Crippen MR) is 79.3 cm³/mol. The van der Waals surface area contributed by atoms with Crippen molar-refractivity contribution in [3.8, 4) is 11.5 Å². The molecule has 1 aromatic rings. The number of benzene rings is 1. The van der Waals surface area contributed by atoms with E-state index in [0.29, 0.717) is 10.2 Å². The molecule has 0 radical (unpaired) electrons. The Balaban J connectivity index is 2.95. The zero-order valence-corrected chi connectivity index (χ0v) is 14.0. The third-order valence-electron chi connectivity index (χ3n) is 2.59. The Hall–Kier alpha value is -1.32. The molecule has 0 amide bonds. The molecule has 0 atom stereocenters. The largest absolute Gasteiger partial charge is 0.493 e. The number of ether oxygens (including phenoxy) is 2. The molecule has 0 fully saturated rings. The van der Waals surface area contributed by atoms with E-state index in [9.17, 15) is 13.2 Å². The van der Waals surface area contributed by atoms with Crippen LogP contribution < -0.4 is 14.2 Å². The minimum atomic E-state index is -3.77. The minimum absolute atomic E-state index is 0.00419. The summed E-state index contributed by atoms with van der Waals surface area (Å²) < 4.78 is 37.2. The summed E-state index contributed by atoms with van der Waals surface area (Å²) >= 11 is 3.17. The lowest BCUT2D eigenvalue weighted by atomic mass is 10.3. The second kappa shape index (κ2) is 7.62. The molecular formula is C12H16BrNO6S. The molecule has 0 saturated carbocycles. The zero-order chi connectivity index (χ0) is 16.0. The minimum Gasteiger partial charge on any atom is -0.493 e. The number of halogens is 1. The Labute approximate surface area is 131 Å². The maximum Gasteiger partial charge on any atom is 0.303 e. The van der Waals surface area contributed by atoms with E-state index in [-0.39, 0.29) is 30.0 Å². The molecule has 2 N–H and O–H groups in total. The standard InChI is InChI=1S/C12H16BrNO6S/c1-19-9-6-8(13)11(7-10(9)20-2)21(17,18)14-5-3-4-12(15)16/h6-7,14H,3-5H2,1-2H3,(H,15,16). The molecule has 0 saturated heterocycles. The molecule has 0 aliphatic carbocycles. The number of carbonyl (C=O) groups is 1. The van der Waals surface area contributed by atoms with E-state index >= 15 is 0 Å². The number of sulfonamides is 1. The number of hydrogen-bond donors (Lipinski definition) is 2. The molecule has 0 aliphatic rings. The topological polar surface area (TPSA) is 102 Å². The fraction of sp³-hybridized carbons (Fsp3) is 0.417. The summed E-state index contributed by atoms with van der Waals surface area (Å²) in [5.41, 5.74) is 0. The lowest BCUT2D eigenvalue weighted by Gasteiger charge is -2.12. The number of nitrogens with one attached hydrogen (secondary N) is 1. The first-order valence-corrected chi connectivity index (χ1v) is 8.22. The van der Waals surface area contributed by atoms with Crippen LogP contribution in [0.5, 0.6) is 11.5 Å². The van der Waals surface area contributed by atoms with Gasteiger partial charge in [0, 0.05) is 23.5 Å². The van der Waals surface area contributed by atoms with Gasteiger partial charge in [-0.3, -0.25) is 4.79 Å². The molecule has 0 heterocycles. The number of carboxylic acid groups (broad SMARTS) is 1. The Morgan fingerprint density at radius 3 is 2.38 bits per heavy atom. The zero-order valence-electron chi connectivity index (χ0n) is 11.6. The average Bonchev–Trinajstić information content (AvgIpc) is 2.42.